The van der Waals surface area contributed by atoms with E-state index in [2.05, 4.69) is 0 Å². The first-order valence-corrected chi connectivity index (χ1v) is 6.18. The zero-order chi connectivity index (χ0) is 14.0. The molecular formula is C14H18N2O3. The lowest BCUT2D eigenvalue weighted by molar-refractivity contribution is -0.133. The number of hydrogen-bond donors (Lipinski definition) is 0. The van der Waals surface area contributed by atoms with Gasteiger partial charge in [0.05, 0.1) is 13.0 Å². The molecule has 0 N–H and O–H groups in total. The Bertz CT molecular complexity index is 499. The number of nitrogens with zero attached hydrogens (tertiary/aromatic N) is 2. The molecule has 0 unspecified atom stereocenters. The van der Waals surface area contributed by atoms with Crippen molar-refractivity contribution >= 4 is 17.5 Å². The number of carbonyl (C=O) groups is 2. The van der Waals surface area contributed by atoms with Crippen molar-refractivity contribution in [3.63, 3.8) is 0 Å². The van der Waals surface area contributed by atoms with Crippen LogP contribution in [-0.4, -0.2) is 44.5 Å². The van der Waals surface area contributed by atoms with Crippen LogP contribution >= 0.6 is 0 Å². The molecule has 1 saturated heterocycles. The molecule has 1 atom stereocenters. The van der Waals surface area contributed by atoms with E-state index in [9.17, 15) is 9.59 Å². The Balaban J connectivity index is 2.17. The van der Waals surface area contributed by atoms with Crippen molar-refractivity contribution in [3.05, 3.63) is 24.3 Å². The molecule has 102 valence electrons. The summed E-state index contributed by atoms with van der Waals surface area (Å²) in [6.45, 7) is 0.434. The van der Waals surface area contributed by atoms with Crippen LogP contribution < -0.4 is 9.64 Å². The van der Waals surface area contributed by atoms with Crippen molar-refractivity contribution in [2.45, 2.75) is 6.42 Å². The largest absolute Gasteiger partial charge is 0.497 e. The highest BCUT2D eigenvalue weighted by Gasteiger charge is 2.35. The van der Waals surface area contributed by atoms with E-state index in [0.717, 1.165) is 5.69 Å². The maximum absolute atomic E-state index is 12.0. The van der Waals surface area contributed by atoms with Crippen LogP contribution in [0.4, 0.5) is 5.69 Å². The van der Waals surface area contributed by atoms with Crippen molar-refractivity contribution < 1.29 is 14.3 Å². The monoisotopic (exact) mass is 262 g/mol. The molecule has 5 nitrogen and oxygen atoms in total. The topological polar surface area (TPSA) is 49.9 Å². The number of hydrogen-bond acceptors (Lipinski definition) is 3. The summed E-state index contributed by atoms with van der Waals surface area (Å²) in [6, 6.07) is 7.32. The van der Waals surface area contributed by atoms with Gasteiger partial charge in [0.15, 0.2) is 0 Å². The summed E-state index contributed by atoms with van der Waals surface area (Å²) in [6.07, 6.45) is 0.272. The van der Waals surface area contributed by atoms with E-state index in [0.29, 0.717) is 12.3 Å². The number of methoxy groups -OCH3 is 1. The summed E-state index contributed by atoms with van der Waals surface area (Å²) in [5, 5.41) is 0. The molecule has 1 aliphatic heterocycles. The van der Waals surface area contributed by atoms with Gasteiger partial charge in [0.2, 0.25) is 11.8 Å². The number of ether oxygens (including phenoxy) is 1. The minimum absolute atomic E-state index is 0.00116. The van der Waals surface area contributed by atoms with Gasteiger partial charge in [-0.3, -0.25) is 9.59 Å². The van der Waals surface area contributed by atoms with Gasteiger partial charge in [0.1, 0.15) is 5.75 Å². The molecule has 5 heteroatoms. The fourth-order valence-corrected chi connectivity index (χ4v) is 2.27. The SMILES string of the molecule is COc1cccc(N2C[C@H](C(=O)N(C)C)CC2=O)c1. The van der Waals surface area contributed by atoms with Gasteiger partial charge in [-0.25, -0.2) is 0 Å². The maximum Gasteiger partial charge on any atom is 0.227 e. The molecule has 1 heterocycles. The van der Waals surface area contributed by atoms with Crippen LogP contribution in [0, 0.1) is 5.92 Å². The molecule has 19 heavy (non-hydrogen) atoms. The van der Waals surface area contributed by atoms with Crippen LogP contribution in [0.15, 0.2) is 24.3 Å². The maximum atomic E-state index is 12.0. The Labute approximate surface area is 112 Å². The molecule has 2 amide bonds. The van der Waals surface area contributed by atoms with Gasteiger partial charge in [-0.1, -0.05) is 6.07 Å². The van der Waals surface area contributed by atoms with Gasteiger partial charge >= 0.3 is 0 Å². The average Bonchev–Trinajstić information content (AvgIpc) is 2.79. The second kappa shape index (κ2) is 5.30. The summed E-state index contributed by atoms with van der Waals surface area (Å²) in [4.78, 5) is 27.1. The first-order valence-electron chi connectivity index (χ1n) is 6.18. The number of carbonyl (C=O) groups excluding carboxylic acids is 2. The second-order valence-electron chi connectivity index (χ2n) is 4.84. The lowest BCUT2D eigenvalue weighted by Crippen LogP contribution is -2.32. The molecule has 0 spiro atoms. The zero-order valence-corrected chi connectivity index (χ0v) is 11.4. The molecule has 0 aromatic heterocycles. The number of benzene rings is 1. The first-order chi connectivity index (χ1) is 9.02. The average molecular weight is 262 g/mol. The highest BCUT2D eigenvalue weighted by Crippen LogP contribution is 2.28. The molecule has 1 aliphatic rings. The molecule has 2 rings (SSSR count). The molecular weight excluding hydrogens is 244 g/mol. The zero-order valence-electron chi connectivity index (χ0n) is 11.4. The lowest BCUT2D eigenvalue weighted by Gasteiger charge is -2.18. The van der Waals surface area contributed by atoms with Crippen LogP contribution in [0.1, 0.15) is 6.42 Å². The minimum atomic E-state index is -0.256. The quantitative estimate of drug-likeness (QED) is 0.820. The van der Waals surface area contributed by atoms with E-state index in [-0.39, 0.29) is 24.2 Å². The fraction of sp³-hybridized carbons (Fsp3) is 0.429. The van der Waals surface area contributed by atoms with Crippen LogP contribution in [0.3, 0.4) is 0 Å². The summed E-state index contributed by atoms with van der Waals surface area (Å²) in [5.41, 5.74) is 0.776. The van der Waals surface area contributed by atoms with Gasteiger partial charge in [-0.05, 0) is 12.1 Å². The Hall–Kier alpha value is -2.04. The number of rotatable bonds is 3. The highest BCUT2D eigenvalue weighted by molar-refractivity contribution is 6.00. The van der Waals surface area contributed by atoms with Gasteiger partial charge < -0.3 is 14.5 Å². The third kappa shape index (κ3) is 2.70. The third-order valence-corrected chi connectivity index (χ3v) is 3.28. The van der Waals surface area contributed by atoms with Crippen LogP contribution in [0.25, 0.3) is 0 Å². The third-order valence-electron chi connectivity index (χ3n) is 3.28. The van der Waals surface area contributed by atoms with Crippen molar-refractivity contribution in [3.8, 4) is 5.75 Å². The standard InChI is InChI=1S/C14H18N2O3/c1-15(2)14(18)10-7-13(17)16(9-10)11-5-4-6-12(8-11)19-3/h4-6,8,10H,7,9H2,1-3H3/t10-/m1/s1. The van der Waals surface area contributed by atoms with Gasteiger partial charge in [0, 0.05) is 38.8 Å². The number of anilines is 1. The second-order valence-corrected chi connectivity index (χ2v) is 4.84. The van der Waals surface area contributed by atoms with Gasteiger partial charge in [-0.15, -0.1) is 0 Å². The Morgan fingerprint density at radius 2 is 2.16 bits per heavy atom. The predicted octanol–water partition coefficient (Wildman–Crippen LogP) is 1.14. The summed E-state index contributed by atoms with van der Waals surface area (Å²) < 4.78 is 5.15. The Morgan fingerprint density at radius 1 is 1.42 bits per heavy atom. The predicted molar refractivity (Wildman–Crippen MR) is 72.1 cm³/mol. The van der Waals surface area contributed by atoms with E-state index in [1.807, 2.05) is 18.2 Å². The Kier molecular flexibility index (Phi) is 3.74. The number of amides is 2. The van der Waals surface area contributed by atoms with Crippen LogP contribution in [0.5, 0.6) is 5.75 Å². The van der Waals surface area contributed by atoms with Gasteiger partial charge in [0.25, 0.3) is 0 Å². The normalized spacial score (nSPS) is 18.6. The van der Waals surface area contributed by atoms with E-state index < -0.39 is 0 Å². The summed E-state index contributed by atoms with van der Waals surface area (Å²) >= 11 is 0. The first kappa shape index (κ1) is 13.4. The van der Waals surface area contributed by atoms with Crippen molar-refractivity contribution in [2.75, 3.05) is 32.6 Å². The van der Waals surface area contributed by atoms with E-state index in [1.165, 1.54) is 4.90 Å². The molecule has 1 aromatic rings. The van der Waals surface area contributed by atoms with Crippen molar-refractivity contribution in [1.29, 1.82) is 0 Å². The smallest absolute Gasteiger partial charge is 0.227 e. The Morgan fingerprint density at radius 3 is 2.79 bits per heavy atom. The summed E-state index contributed by atoms with van der Waals surface area (Å²) in [7, 11) is 5.01. The van der Waals surface area contributed by atoms with Crippen LogP contribution in [-0.2, 0) is 9.59 Å². The molecule has 1 aromatic carbocycles. The fourth-order valence-electron chi connectivity index (χ4n) is 2.27. The van der Waals surface area contributed by atoms with Gasteiger partial charge in [-0.2, -0.15) is 0 Å². The van der Waals surface area contributed by atoms with E-state index >= 15 is 0 Å². The van der Waals surface area contributed by atoms with Crippen molar-refractivity contribution in [1.82, 2.24) is 4.90 Å². The minimum Gasteiger partial charge on any atom is -0.497 e. The molecule has 0 radical (unpaired) electrons. The molecule has 0 saturated carbocycles. The highest BCUT2D eigenvalue weighted by atomic mass is 16.5. The van der Waals surface area contributed by atoms with E-state index in [4.69, 9.17) is 4.74 Å². The molecule has 0 bridgehead atoms. The van der Waals surface area contributed by atoms with Crippen molar-refractivity contribution in [2.24, 2.45) is 5.92 Å². The van der Waals surface area contributed by atoms with Crippen LogP contribution in [0.2, 0.25) is 0 Å². The molecule has 1 fully saturated rings. The lowest BCUT2D eigenvalue weighted by atomic mass is 10.1. The molecule has 0 aliphatic carbocycles. The van der Waals surface area contributed by atoms with E-state index in [1.54, 1.807) is 32.2 Å². The summed E-state index contributed by atoms with van der Waals surface area (Å²) in [5.74, 6) is 0.425.